The number of ether oxygens (including phenoxy) is 1. The predicted octanol–water partition coefficient (Wildman–Crippen LogP) is 6.82. The summed E-state index contributed by atoms with van der Waals surface area (Å²) in [5.41, 5.74) is 3.41. The number of allylic oxidation sites excluding steroid dienone is 1. The fourth-order valence-corrected chi connectivity index (χ4v) is 4.94. The molecule has 0 fully saturated rings. The largest absolute Gasteiger partial charge is 0.486 e. The highest BCUT2D eigenvalue weighted by molar-refractivity contribution is 7.99. The summed E-state index contributed by atoms with van der Waals surface area (Å²) >= 11 is 7.30. The smallest absolute Gasteiger partial charge is 0.192 e. The number of nitrogens with one attached hydrogen (secondary N) is 1. The maximum Gasteiger partial charge on any atom is 0.192 e. The number of aromatic nitrogens is 4. The molecule has 0 amide bonds. The van der Waals surface area contributed by atoms with Gasteiger partial charge >= 0.3 is 0 Å². The summed E-state index contributed by atoms with van der Waals surface area (Å²) in [5, 5.41) is 10.8. The third-order valence-corrected chi connectivity index (χ3v) is 6.89. The van der Waals surface area contributed by atoms with E-state index >= 15 is 0 Å². The minimum Gasteiger partial charge on any atom is -0.486 e. The first-order valence-corrected chi connectivity index (χ1v) is 12.7. The van der Waals surface area contributed by atoms with E-state index in [2.05, 4.69) is 21.8 Å². The number of carbonyl (C=O) groups is 1. The van der Waals surface area contributed by atoms with Crippen LogP contribution in [0.5, 0.6) is 5.75 Å². The third-order valence-electron chi connectivity index (χ3n) is 5.67. The average molecular weight is 515 g/mol. The summed E-state index contributed by atoms with van der Waals surface area (Å²) < 4.78 is 7.76. The van der Waals surface area contributed by atoms with Gasteiger partial charge in [-0.3, -0.25) is 9.36 Å². The highest BCUT2D eigenvalue weighted by Gasteiger charge is 2.21. The summed E-state index contributed by atoms with van der Waals surface area (Å²) in [4.78, 5) is 17.0. The lowest BCUT2D eigenvalue weighted by Gasteiger charge is -2.09. The third kappa shape index (κ3) is 5.08. The topological polar surface area (TPSA) is 72.8 Å². The van der Waals surface area contributed by atoms with Crippen molar-refractivity contribution >= 4 is 40.0 Å². The number of thioether (sulfide) groups is 1. The van der Waals surface area contributed by atoms with Crippen LogP contribution in [0.25, 0.3) is 22.2 Å². The maximum atomic E-state index is 13.5. The SMILES string of the molecule is C=CCn1c(COc2ccc(Cl)cc2)nnc1SCC(=O)c1c(-c2ccccc2)[nH]c2ccccc12. The number of hydrogen-bond acceptors (Lipinski definition) is 5. The van der Waals surface area contributed by atoms with Crippen LogP contribution in [0.15, 0.2) is 96.7 Å². The van der Waals surface area contributed by atoms with Crippen LogP contribution in [-0.4, -0.2) is 31.3 Å². The number of benzene rings is 3. The van der Waals surface area contributed by atoms with Gasteiger partial charge in [0.15, 0.2) is 16.8 Å². The Balaban J connectivity index is 1.37. The van der Waals surface area contributed by atoms with Crippen molar-refractivity contribution in [3.63, 3.8) is 0 Å². The Labute approximate surface area is 218 Å². The standard InChI is InChI=1S/C28H23ClN4O2S/c1-2-16-33-25(17-35-21-14-12-20(29)13-15-21)31-32-28(33)36-18-24(34)26-22-10-6-7-11-23(22)30-27(26)19-8-4-3-5-9-19/h2-15,30H,1,16-18H2. The number of H-pyrrole nitrogens is 1. The highest BCUT2D eigenvalue weighted by Crippen LogP contribution is 2.32. The van der Waals surface area contributed by atoms with Crippen molar-refractivity contribution in [1.82, 2.24) is 19.7 Å². The second-order valence-corrected chi connectivity index (χ2v) is 9.42. The molecule has 0 radical (unpaired) electrons. The summed E-state index contributed by atoms with van der Waals surface area (Å²) in [6, 6.07) is 24.9. The number of ketones is 1. The van der Waals surface area contributed by atoms with Crippen molar-refractivity contribution in [3.05, 3.63) is 108 Å². The number of carbonyl (C=O) groups excluding carboxylic acids is 1. The average Bonchev–Trinajstić information content (AvgIpc) is 3.49. The van der Waals surface area contributed by atoms with Crippen LogP contribution in [0.3, 0.4) is 0 Å². The van der Waals surface area contributed by atoms with Crippen LogP contribution >= 0.6 is 23.4 Å². The fourth-order valence-electron chi connectivity index (χ4n) is 3.98. The van der Waals surface area contributed by atoms with Gasteiger partial charge in [0.25, 0.3) is 0 Å². The van der Waals surface area contributed by atoms with Gasteiger partial charge in [0.2, 0.25) is 0 Å². The maximum absolute atomic E-state index is 13.5. The number of nitrogens with zero attached hydrogens (tertiary/aromatic N) is 3. The first kappa shape index (κ1) is 23.9. The molecule has 0 spiro atoms. The number of halogens is 1. The lowest BCUT2D eigenvalue weighted by molar-refractivity contribution is 0.102. The molecule has 2 aromatic heterocycles. The molecule has 0 saturated heterocycles. The zero-order valence-electron chi connectivity index (χ0n) is 19.4. The molecule has 0 bridgehead atoms. The van der Waals surface area contributed by atoms with E-state index in [1.54, 1.807) is 30.3 Å². The van der Waals surface area contributed by atoms with Crippen molar-refractivity contribution in [2.75, 3.05) is 5.75 Å². The van der Waals surface area contributed by atoms with Gasteiger partial charge in [-0.2, -0.15) is 0 Å². The Hall–Kier alpha value is -3.81. The summed E-state index contributed by atoms with van der Waals surface area (Å²) in [6.07, 6.45) is 1.77. The monoisotopic (exact) mass is 514 g/mol. The van der Waals surface area contributed by atoms with Gasteiger partial charge in [-0.1, -0.05) is 78.0 Å². The Kier molecular flexibility index (Phi) is 7.21. The van der Waals surface area contributed by atoms with E-state index in [-0.39, 0.29) is 18.1 Å². The molecule has 0 aliphatic heterocycles. The quantitative estimate of drug-likeness (QED) is 0.126. The fraction of sp³-hybridized carbons (Fsp3) is 0.107. The molecule has 3 aromatic carbocycles. The molecule has 5 aromatic rings. The molecule has 0 unspecified atom stereocenters. The summed E-state index contributed by atoms with van der Waals surface area (Å²) in [5.74, 6) is 1.57. The van der Waals surface area contributed by atoms with Gasteiger partial charge < -0.3 is 9.72 Å². The van der Waals surface area contributed by atoms with Gasteiger partial charge in [-0.15, -0.1) is 16.8 Å². The van der Waals surface area contributed by atoms with Crippen LogP contribution in [0.2, 0.25) is 5.02 Å². The predicted molar refractivity (Wildman–Crippen MR) is 145 cm³/mol. The Morgan fingerprint density at radius 3 is 2.56 bits per heavy atom. The Bertz CT molecular complexity index is 1510. The summed E-state index contributed by atoms with van der Waals surface area (Å²) in [6.45, 7) is 4.59. The van der Waals surface area contributed by atoms with E-state index in [1.165, 1.54) is 11.8 Å². The first-order valence-electron chi connectivity index (χ1n) is 11.4. The molecular weight excluding hydrogens is 492 g/mol. The van der Waals surface area contributed by atoms with E-state index in [4.69, 9.17) is 16.3 Å². The van der Waals surface area contributed by atoms with Gasteiger partial charge in [-0.25, -0.2) is 0 Å². The molecule has 2 heterocycles. The molecule has 180 valence electrons. The lowest BCUT2D eigenvalue weighted by Crippen LogP contribution is -2.09. The molecule has 36 heavy (non-hydrogen) atoms. The van der Waals surface area contributed by atoms with Crippen LogP contribution in [0.1, 0.15) is 16.2 Å². The number of aromatic amines is 1. The molecular formula is C28H23ClN4O2S. The molecule has 5 rings (SSSR count). The second kappa shape index (κ2) is 10.8. The van der Waals surface area contributed by atoms with Crippen molar-refractivity contribution < 1.29 is 9.53 Å². The van der Waals surface area contributed by atoms with Crippen LogP contribution in [-0.2, 0) is 13.2 Å². The number of fused-ring (bicyclic) bond motifs is 1. The Morgan fingerprint density at radius 1 is 1.03 bits per heavy atom. The van der Waals surface area contributed by atoms with Crippen LogP contribution in [0, 0.1) is 0 Å². The van der Waals surface area contributed by atoms with Crippen LogP contribution in [0.4, 0.5) is 0 Å². The molecule has 1 N–H and O–H groups in total. The molecule has 0 aliphatic rings. The van der Waals surface area contributed by atoms with Gasteiger partial charge in [0.05, 0.1) is 17.0 Å². The van der Waals surface area contributed by atoms with E-state index in [9.17, 15) is 4.79 Å². The van der Waals surface area contributed by atoms with Crippen molar-refractivity contribution in [1.29, 1.82) is 0 Å². The van der Waals surface area contributed by atoms with Gasteiger partial charge in [0, 0.05) is 22.5 Å². The van der Waals surface area contributed by atoms with E-state index in [0.29, 0.717) is 33.9 Å². The zero-order valence-corrected chi connectivity index (χ0v) is 20.9. The molecule has 6 nitrogen and oxygen atoms in total. The van der Waals surface area contributed by atoms with Crippen LogP contribution < -0.4 is 4.74 Å². The Morgan fingerprint density at radius 2 is 1.78 bits per heavy atom. The van der Waals surface area contributed by atoms with Crippen molar-refractivity contribution in [2.45, 2.75) is 18.3 Å². The van der Waals surface area contributed by atoms with E-state index in [1.807, 2.05) is 59.2 Å². The first-order chi connectivity index (χ1) is 17.6. The minimum atomic E-state index is 0.0171. The zero-order chi connectivity index (χ0) is 24.9. The molecule has 8 heteroatoms. The number of para-hydroxylation sites is 1. The lowest BCUT2D eigenvalue weighted by atomic mass is 10.0. The molecule has 0 atom stereocenters. The highest BCUT2D eigenvalue weighted by atomic mass is 35.5. The second-order valence-electron chi connectivity index (χ2n) is 8.04. The molecule has 0 aliphatic carbocycles. The van der Waals surface area contributed by atoms with E-state index in [0.717, 1.165) is 22.2 Å². The van der Waals surface area contributed by atoms with Gasteiger partial charge in [0.1, 0.15) is 12.4 Å². The number of hydrogen-bond donors (Lipinski definition) is 1. The van der Waals surface area contributed by atoms with Gasteiger partial charge in [-0.05, 0) is 35.9 Å². The van der Waals surface area contributed by atoms with Crippen molar-refractivity contribution in [2.24, 2.45) is 0 Å². The molecule has 0 saturated carbocycles. The summed E-state index contributed by atoms with van der Waals surface area (Å²) in [7, 11) is 0. The van der Waals surface area contributed by atoms with E-state index < -0.39 is 0 Å². The van der Waals surface area contributed by atoms with Crippen molar-refractivity contribution in [3.8, 4) is 17.0 Å². The minimum absolute atomic E-state index is 0.0171. The number of Topliss-reactive ketones (excluding diaryl/α,β-unsaturated/α-hetero) is 1. The number of rotatable bonds is 10. The normalized spacial score (nSPS) is 11.0.